The number of hydrazone groups is 1. The van der Waals surface area contributed by atoms with Gasteiger partial charge < -0.3 is 5.32 Å². The van der Waals surface area contributed by atoms with Crippen molar-refractivity contribution in [3.05, 3.63) is 59.6 Å². The van der Waals surface area contributed by atoms with Crippen LogP contribution < -0.4 is 10.7 Å². The van der Waals surface area contributed by atoms with Crippen LogP contribution >= 0.6 is 23.6 Å². The molecular formula is C18H19N5S2. The summed E-state index contributed by atoms with van der Waals surface area (Å²) in [7, 11) is 0. The maximum absolute atomic E-state index is 5.19. The first kappa shape index (κ1) is 17.3. The summed E-state index contributed by atoms with van der Waals surface area (Å²) >= 11 is 6.84. The summed E-state index contributed by atoms with van der Waals surface area (Å²) in [5.74, 6) is 0. The number of thiophene rings is 1. The topological polar surface area (TPSA) is 54.2 Å². The average molecular weight is 370 g/mol. The summed E-state index contributed by atoms with van der Waals surface area (Å²) < 4.78 is 1.86. The van der Waals surface area contributed by atoms with Crippen LogP contribution in [0.5, 0.6) is 0 Å². The van der Waals surface area contributed by atoms with Crippen LogP contribution in [0.3, 0.4) is 0 Å². The van der Waals surface area contributed by atoms with Crippen LogP contribution in [0, 0.1) is 0 Å². The molecule has 0 radical (unpaired) electrons. The van der Waals surface area contributed by atoms with E-state index in [2.05, 4.69) is 21.9 Å². The van der Waals surface area contributed by atoms with Gasteiger partial charge in [-0.2, -0.15) is 10.2 Å². The predicted molar refractivity (Wildman–Crippen MR) is 108 cm³/mol. The van der Waals surface area contributed by atoms with Crippen molar-refractivity contribution in [2.45, 2.75) is 19.9 Å². The van der Waals surface area contributed by atoms with E-state index in [-0.39, 0.29) is 6.04 Å². The van der Waals surface area contributed by atoms with Crippen LogP contribution in [0.15, 0.2) is 59.1 Å². The maximum atomic E-state index is 5.19. The van der Waals surface area contributed by atoms with Crippen molar-refractivity contribution < 1.29 is 0 Å². The SMILES string of the molecule is CC(C)NC(=S)N/N=C/c1cn(-c2ccccc2)nc1-c1cccs1. The van der Waals surface area contributed by atoms with Crippen molar-refractivity contribution >= 4 is 34.9 Å². The van der Waals surface area contributed by atoms with E-state index in [1.165, 1.54) is 0 Å². The van der Waals surface area contributed by atoms with Crippen molar-refractivity contribution in [3.8, 4) is 16.3 Å². The normalized spacial score (nSPS) is 11.2. The summed E-state index contributed by atoms with van der Waals surface area (Å²) in [6.07, 6.45) is 3.71. The Morgan fingerprint density at radius 1 is 1.24 bits per heavy atom. The van der Waals surface area contributed by atoms with E-state index in [1.807, 2.05) is 66.5 Å². The minimum Gasteiger partial charge on any atom is -0.359 e. The third-order valence-electron chi connectivity index (χ3n) is 3.31. The molecule has 0 bridgehead atoms. The summed E-state index contributed by atoms with van der Waals surface area (Å²) in [6, 6.07) is 14.3. The van der Waals surface area contributed by atoms with Crippen LogP contribution in [-0.4, -0.2) is 27.1 Å². The minimum absolute atomic E-state index is 0.262. The van der Waals surface area contributed by atoms with Crippen LogP contribution in [0.1, 0.15) is 19.4 Å². The molecule has 0 atom stereocenters. The fraction of sp³-hybridized carbons (Fsp3) is 0.167. The van der Waals surface area contributed by atoms with Crippen molar-refractivity contribution in [1.82, 2.24) is 20.5 Å². The standard InChI is InChI=1S/C18H19N5S2/c1-13(2)20-18(24)21-19-11-14-12-23(15-7-4-3-5-8-15)22-17(14)16-9-6-10-25-16/h3-13H,1-2H3,(H2,20,21,24)/b19-11+. The van der Waals surface area contributed by atoms with Gasteiger partial charge in [-0.1, -0.05) is 24.3 Å². The van der Waals surface area contributed by atoms with Gasteiger partial charge in [0.05, 0.1) is 16.8 Å². The maximum Gasteiger partial charge on any atom is 0.187 e. The number of nitrogens with zero attached hydrogens (tertiary/aromatic N) is 3. The lowest BCUT2D eigenvalue weighted by Crippen LogP contribution is -2.36. The molecule has 0 aliphatic rings. The molecule has 25 heavy (non-hydrogen) atoms. The second-order valence-corrected chi connectivity index (χ2v) is 7.04. The third-order valence-corrected chi connectivity index (χ3v) is 4.39. The van der Waals surface area contributed by atoms with Crippen LogP contribution in [0.2, 0.25) is 0 Å². The molecule has 5 nitrogen and oxygen atoms in total. The Morgan fingerprint density at radius 2 is 2.04 bits per heavy atom. The third kappa shape index (κ3) is 4.52. The number of aromatic nitrogens is 2. The highest BCUT2D eigenvalue weighted by Gasteiger charge is 2.11. The van der Waals surface area contributed by atoms with Gasteiger partial charge in [-0.05, 0) is 49.6 Å². The first-order valence-corrected chi connectivity index (χ1v) is 9.21. The van der Waals surface area contributed by atoms with E-state index < -0.39 is 0 Å². The Hall–Kier alpha value is -2.51. The number of rotatable bonds is 5. The lowest BCUT2D eigenvalue weighted by atomic mass is 10.2. The quantitative estimate of drug-likeness (QED) is 0.408. The molecule has 0 aliphatic heterocycles. The number of nitrogens with one attached hydrogen (secondary N) is 2. The van der Waals surface area contributed by atoms with Gasteiger partial charge in [-0.25, -0.2) is 4.68 Å². The molecule has 2 aromatic heterocycles. The van der Waals surface area contributed by atoms with Gasteiger partial charge in [-0.15, -0.1) is 11.3 Å². The first-order valence-electron chi connectivity index (χ1n) is 7.92. The lowest BCUT2D eigenvalue weighted by molar-refractivity contribution is 0.720. The van der Waals surface area contributed by atoms with Crippen LogP contribution in [-0.2, 0) is 0 Å². The first-order chi connectivity index (χ1) is 12.1. The molecule has 2 N–H and O–H groups in total. The van der Waals surface area contributed by atoms with E-state index in [0.717, 1.165) is 21.8 Å². The van der Waals surface area contributed by atoms with E-state index in [1.54, 1.807) is 17.6 Å². The van der Waals surface area contributed by atoms with Gasteiger partial charge in [0.1, 0.15) is 5.69 Å². The van der Waals surface area contributed by atoms with Crippen molar-refractivity contribution in [1.29, 1.82) is 0 Å². The van der Waals surface area contributed by atoms with Gasteiger partial charge in [0.2, 0.25) is 0 Å². The molecule has 1 aromatic carbocycles. The zero-order valence-electron chi connectivity index (χ0n) is 14.0. The predicted octanol–water partition coefficient (Wildman–Crippen LogP) is 3.81. The molecule has 3 rings (SSSR count). The van der Waals surface area contributed by atoms with Crippen molar-refractivity contribution in [2.75, 3.05) is 0 Å². The zero-order valence-corrected chi connectivity index (χ0v) is 15.6. The van der Waals surface area contributed by atoms with Gasteiger partial charge in [0.15, 0.2) is 5.11 Å². The van der Waals surface area contributed by atoms with Gasteiger partial charge in [0.25, 0.3) is 0 Å². The van der Waals surface area contributed by atoms with E-state index in [4.69, 9.17) is 17.3 Å². The summed E-state index contributed by atoms with van der Waals surface area (Å²) in [6.45, 7) is 4.05. The Labute approximate surface area is 156 Å². The highest BCUT2D eigenvalue weighted by Crippen LogP contribution is 2.26. The van der Waals surface area contributed by atoms with E-state index in [0.29, 0.717) is 5.11 Å². The Morgan fingerprint density at radius 3 is 2.72 bits per heavy atom. The summed E-state index contributed by atoms with van der Waals surface area (Å²) in [5, 5.41) is 14.6. The molecule has 0 saturated carbocycles. The molecule has 0 spiro atoms. The molecule has 0 unspecified atom stereocenters. The van der Waals surface area contributed by atoms with Crippen LogP contribution in [0.4, 0.5) is 0 Å². The average Bonchev–Trinajstić information content (AvgIpc) is 3.24. The molecule has 128 valence electrons. The number of thiocarbonyl (C=S) groups is 1. The smallest absolute Gasteiger partial charge is 0.187 e. The molecule has 0 aliphatic carbocycles. The molecule has 7 heteroatoms. The monoisotopic (exact) mass is 369 g/mol. The number of hydrogen-bond donors (Lipinski definition) is 2. The van der Waals surface area contributed by atoms with Crippen LogP contribution in [0.25, 0.3) is 16.3 Å². The van der Waals surface area contributed by atoms with Gasteiger partial charge >= 0.3 is 0 Å². The Balaban J connectivity index is 1.87. The van der Waals surface area contributed by atoms with E-state index >= 15 is 0 Å². The number of benzene rings is 1. The Bertz CT molecular complexity index is 851. The largest absolute Gasteiger partial charge is 0.359 e. The van der Waals surface area contributed by atoms with Gasteiger partial charge in [-0.3, -0.25) is 5.43 Å². The highest BCUT2D eigenvalue weighted by molar-refractivity contribution is 7.80. The molecule has 2 heterocycles. The lowest BCUT2D eigenvalue weighted by Gasteiger charge is -2.09. The molecule has 0 amide bonds. The van der Waals surface area contributed by atoms with Crippen molar-refractivity contribution in [2.24, 2.45) is 5.10 Å². The summed E-state index contributed by atoms with van der Waals surface area (Å²) in [5.41, 5.74) is 5.66. The summed E-state index contributed by atoms with van der Waals surface area (Å²) in [4.78, 5) is 1.10. The fourth-order valence-corrected chi connectivity index (χ4v) is 3.27. The zero-order chi connectivity index (χ0) is 17.6. The molecule has 0 fully saturated rings. The number of hydrogen-bond acceptors (Lipinski definition) is 4. The fourth-order valence-electron chi connectivity index (χ4n) is 2.25. The minimum atomic E-state index is 0.262. The molecular weight excluding hydrogens is 350 g/mol. The van der Waals surface area contributed by atoms with E-state index in [9.17, 15) is 0 Å². The van der Waals surface area contributed by atoms with Crippen molar-refractivity contribution in [3.63, 3.8) is 0 Å². The second kappa shape index (κ2) is 8.04. The molecule has 3 aromatic rings. The highest BCUT2D eigenvalue weighted by atomic mass is 32.1. The Kier molecular flexibility index (Phi) is 5.57. The second-order valence-electron chi connectivity index (χ2n) is 5.69. The number of para-hydroxylation sites is 1. The van der Waals surface area contributed by atoms with Gasteiger partial charge in [0, 0.05) is 17.8 Å². The molecule has 0 saturated heterocycles.